The topological polar surface area (TPSA) is 49.9 Å². The van der Waals surface area contributed by atoms with Gasteiger partial charge in [-0.05, 0) is 31.6 Å². The molecule has 0 aromatic heterocycles. The zero-order valence-electron chi connectivity index (χ0n) is 12.8. The van der Waals surface area contributed by atoms with Crippen LogP contribution in [0.4, 0.5) is 4.79 Å². The van der Waals surface area contributed by atoms with Gasteiger partial charge in [0.1, 0.15) is 6.54 Å². The molecule has 20 heavy (non-hydrogen) atoms. The highest BCUT2D eigenvalue weighted by Crippen LogP contribution is 2.28. The first-order valence-electron chi connectivity index (χ1n) is 7.75. The number of hydrogen-bond donors (Lipinski definition) is 0. The summed E-state index contributed by atoms with van der Waals surface area (Å²) in [6.45, 7) is 7.31. The molecular formula is C15H26N2O3. The third-order valence-corrected chi connectivity index (χ3v) is 4.24. The minimum atomic E-state index is -0.341. The Kier molecular flexibility index (Phi) is 4.89. The van der Waals surface area contributed by atoms with E-state index in [2.05, 4.69) is 6.92 Å². The van der Waals surface area contributed by atoms with Crippen LogP contribution in [-0.4, -0.2) is 53.6 Å². The molecule has 1 saturated carbocycles. The summed E-state index contributed by atoms with van der Waals surface area (Å²) in [4.78, 5) is 27.9. The Balaban J connectivity index is 1.96. The molecule has 0 spiro atoms. The minimum absolute atomic E-state index is 0.0703. The molecule has 5 nitrogen and oxygen atoms in total. The van der Waals surface area contributed by atoms with Crippen LogP contribution in [0.5, 0.6) is 0 Å². The van der Waals surface area contributed by atoms with Crippen molar-refractivity contribution < 1.29 is 14.3 Å². The molecule has 1 saturated heterocycles. The van der Waals surface area contributed by atoms with Gasteiger partial charge in [0.05, 0.1) is 12.6 Å². The number of rotatable bonds is 4. The highest BCUT2D eigenvalue weighted by Gasteiger charge is 2.39. The molecule has 2 fully saturated rings. The zero-order chi connectivity index (χ0) is 14.7. The summed E-state index contributed by atoms with van der Waals surface area (Å²) >= 11 is 0. The normalized spacial score (nSPS) is 24.0. The van der Waals surface area contributed by atoms with Crippen LogP contribution in [0.25, 0.3) is 0 Å². The smallest absolute Gasteiger partial charge is 0.410 e. The van der Waals surface area contributed by atoms with Gasteiger partial charge in [-0.25, -0.2) is 4.79 Å². The van der Waals surface area contributed by atoms with E-state index in [0.717, 1.165) is 19.3 Å². The molecule has 114 valence electrons. The number of nitrogens with zero attached hydrogens (tertiary/aromatic N) is 2. The standard InChI is InChI=1S/C15H26N2O3/c1-4-12-8-16(13-6-5-7-13)14(18)9-17(12)15(19)20-10-11(2)3/h11-13H,4-10H2,1-3H3. The Bertz CT molecular complexity index is 366. The van der Waals surface area contributed by atoms with E-state index in [1.807, 2.05) is 18.7 Å². The number of carbonyl (C=O) groups is 2. The summed E-state index contributed by atoms with van der Waals surface area (Å²) in [5, 5.41) is 0. The van der Waals surface area contributed by atoms with Crippen LogP contribution in [-0.2, 0) is 9.53 Å². The fourth-order valence-corrected chi connectivity index (χ4v) is 2.73. The predicted molar refractivity (Wildman–Crippen MR) is 76.3 cm³/mol. The third-order valence-electron chi connectivity index (χ3n) is 4.24. The van der Waals surface area contributed by atoms with Gasteiger partial charge in [-0.2, -0.15) is 0 Å². The Morgan fingerprint density at radius 3 is 2.60 bits per heavy atom. The van der Waals surface area contributed by atoms with Gasteiger partial charge >= 0.3 is 6.09 Å². The largest absolute Gasteiger partial charge is 0.449 e. The quantitative estimate of drug-likeness (QED) is 0.794. The van der Waals surface area contributed by atoms with Crippen LogP contribution in [0.3, 0.4) is 0 Å². The van der Waals surface area contributed by atoms with Crippen molar-refractivity contribution in [2.75, 3.05) is 19.7 Å². The zero-order valence-corrected chi connectivity index (χ0v) is 12.8. The second kappa shape index (κ2) is 6.46. The molecule has 0 aromatic rings. The Labute approximate surface area is 121 Å². The summed E-state index contributed by atoms with van der Waals surface area (Å²) in [5.41, 5.74) is 0. The molecule has 2 rings (SSSR count). The number of amides is 2. The molecule has 1 atom stereocenters. The van der Waals surface area contributed by atoms with Gasteiger partial charge in [0.2, 0.25) is 5.91 Å². The van der Waals surface area contributed by atoms with Crippen molar-refractivity contribution >= 4 is 12.0 Å². The van der Waals surface area contributed by atoms with E-state index >= 15 is 0 Å². The molecule has 0 N–H and O–H groups in total. The number of hydrogen-bond acceptors (Lipinski definition) is 3. The number of carbonyl (C=O) groups excluding carboxylic acids is 2. The van der Waals surface area contributed by atoms with E-state index < -0.39 is 0 Å². The fourth-order valence-electron chi connectivity index (χ4n) is 2.73. The third kappa shape index (κ3) is 3.25. The summed E-state index contributed by atoms with van der Waals surface area (Å²) < 4.78 is 5.28. The molecule has 0 radical (unpaired) electrons. The van der Waals surface area contributed by atoms with E-state index in [4.69, 9.17) is 4.74 Å². The van der Waals surface area contributed by atoms with Crippen molar-refractivity contribution in [3.05, 3.63) is 0 Å². The van der Waals surface area contributed by atoms with Gasteiger partial charge < -0.3 is 9.64 Å². The molecule has 2 amide bonds. The highest BCUT2D eigenvalue weighted by molar-refractivity contribution is 5.84. The maximum atomic E-state index is 12.2. The lowest BCUT2D eigenvalue weighted by atomic mass is 9.90. The van der Waals surface area contributed by atoms with E-state index in [0.29, 0.717) is 25.1 Å². The van der Waals surface area contributed by atoms with Crippen LogP contribution in [0.1, 0.15) is 46.5 Å². The van der Waals surface area contributed by atoms with Gasteiger partial charge in [0, 0.05) is 12.6 Å². The van der Waals surface area contributed by atoms with Gasteiger partial charge in [0.15, 0.2) is 0 Å². The van der Waals surface area contributed by atoms with Gasteiger partial charge in [-0.3, -0.25) is 9.69 Å². The summed E-state index contributed by atoms with van der Waals surface area (Å²) in [5.74, 6) is 0.381. The predicted octanol–water partition coefficient (Wildman–Crippen LogP) is 2.25. The Morgan fingerprint density at radius 1 is 1.40 bits per heavy atom. The molecule has 1 aliphatic heterocycles. The van der Waals surface area contributed by atoms with Gasteiger partial charge in [-0.1, -0.05) is 20.8 Å². The van der Waals surface area contributed by atoms with Crippen LogP contribution in [0.15, 0.2) is 0 Å². The summed E-state index contributed by atoms with van der Waals surface area (Å²) in [7, 11) is 0. The van der Waals surface area contributed by atoms with E-state index in [1.165, 1.54) is 6.42 Å². The SMILES string of the molecule is CCC1CN(C2CCC2)C(=O)CN1C(=O)OCC(C)C. The van der Waals surface area contributed by atoms with Crippen LogP contribution in [0, 0.1) is 5.92 Å². The minimum Gasteiger partial charge on any atom is -0.449 e. The maximum Gasteiger partial charge on any atom is 0.410 e. The lowest BCUT2D eigenvalue weighted by molar-refractivity contribution is -0.142. The lowest BCUT2D eigenvalue weighted by Crippen LogP contribution is -2.61. The molecule has 0 bridgehead atoms. The maximum absolute atomic E-state index is 12.2. The molecule has 1 aliphatic carbocycles. The first-order chi connectivity index (χ1) is 9.52. The first kappa shape index (κ1) is 15.1. The average Bonchev–Trinajstić information content (AvgIpc) is 2.35. The monoisotopic (exact) mass is 282 g/mol. The van der Waals surface area contributed by atoms with E-state index in [1.54, 1.807) is 4.90 Å². The average molecular weight is 282 g/mol. The van der Waals surface area contributed by atoms with Crippen LogP contribution < -0.4 is 0 Å². The van der Waals surface area contributed by atoms with E-state index in [9.17, 15) is 9.59 Å². The molecular weight excluding hydrogens is 256 g/mol. The van der Waals surface area contributed by atoms with Gasteiger partial charge in [-0.15, -0.1) is 0 Å². The summed E-state index contributed by atoms with van der Waals surface area (Å²) in [6, 6.07) is 0.498. The number of piperazine rings is 1. The van der Waals surface area contributed by atoms with Crippen molar-refractivity contribution in [3.8, 4) is 0 Å². The van der Waals surface area contributed by atoms with Gasteiger partial charge in [0.25, 0.3) is 0 Å². The first-order valence-corrected chi connectivity index (χ1v) is 7.75. The molecule has 5 heteroatoms. The van der Waals surface area contributed by atoms with Crippen LogP contribution in [0.2, 0.25) is 0 Å². The van der Waals surface area contributed by atoms with Crippen LogP contribution >= 0.6 is 0 Å². The van der Waals surface area contributed by atoms with E-state index in [-0.39, 0.29) is 24.6 Å². The molecule has 1 unspecified atom stereocenters. The van der Waals surface area contributed by atoms with Crippen molar-refractivity contribution in [1.82, 2.24) is 9.80 Å². The highest BCUT2D eigenvalue weighted by atomic mass is 16.6. The van der Waals surface area contributed by atoms with Crippen molar-refractivity contribution in [2.45, 2.75) is 58.5 Å². The second-order valence-corrected chi connectivity index (χ2v) is 6.29. The van der Waals surface area contributed by atoms with Crippen molar-refractivity contribution in [1.29, 1.82) is 0 Å². The molecule has 0 aromatic carbocycles. The van der Waals surface area contributed by atoms with Crippen molar-refractivity contribution in [2.24, 2.45) is 5.92 Å². The summed E-state index contributed by atoms with van der Waals surface area (Å²) in [6.07, 6.45) is 3.95. The Morgan fingerprint density at radius 2 is 2.10 bits per heavy atom. The molecule has 2 aliphatic rings. The fraction of sp³-hybridized carbons (Fsp3) is 0.867. The second-order valence-electron chi connectivity index (χ2n) is 6.29. The lowest BCUT2D eigenvalue weighted by Gasteiger charge is -2.46. The Hall–Kier alpha value is -1.26. The molecule has 1 heterocycles. The van der Waals surface area contributed by atoms with Crippen molar-refractivity contribution in [3.63, 3.8) is 0 Å². The number of ether oxygens (including phenoxy) is 1.